The van der Waals surface area contributed by atoms with Crippen molar-refractivity contribution in [1.82, 2.24) is 0 Å². The molecule has 62 valence electrons. The zero-order chi connectivity index (χ0) is 7.98. The highest BCUT2D eigenvalue weighted by atomic mass is 28.3. The van der Waals surface area contributed by atoms with E-state index in [9.17, 15) is 0 Å². The van der Waals surface area contributed by atoms with Crippen LogP contribution in [0.15, 0.2) is 0 Å². The van der Waals surface area contributed by atoms with Gasteiger partial charge in [-0.1, -0.05) is 13.3 Å². The van der Waals surface area contributed by atoms with Gasteiger partial charge in [-0.25, -0.2) is 0 Å². The van der Waals surface area contributed by atoms with Crippen LogP contribution >= 0.6 is 0 Å². The first-order valence-electron chi connectivity index (χ1n) is 3.78. The maximum absolute atomic E-state index is 8.89. The summed E-state index contributed by atoms with van der Waals surface area (Å²) in [5, 5.41) is 0. The molecule has 0 saturated carbocycles. The van der Waals surface area contributed by atoms with Crippen molar-refractivity contribution in [2.75, 3.05) is 6.54 Å². The maximum atomic E-state index is 8.89. The molecule has 0 fully saturated rings. The molecule has 0 aliphatic carbocycles. The van der Waals surface area contributed by atoms with Crippen molar-refractivity contribution in [3.05, 3.63) is 0 Å². The number of hydrogen-bond acceptors (Lipinski definition) is 3. The van der Waals surface area contributed by atoms with Gasteiger partial charge in [0.05, 0.1) is 0 Å². The lowest BCUT2D eigenvalue weighted by atomic mass is 10.2. The molecule has 1 atom stereocenters. The van der Waals surface area contributed by atoms with Gasteiger partial charge in [-0.05, 0) is 24.9 Å². The Kier molecular flexibility index (Phi) is 5.91. The van der Waals surface area contributed by atoms with Gasteiger partial charge in [0.2, 0.25) is 0 Å². The second kappa shape index (κ2) is 5.85. The van der Waals surface area contributed by atoms with E-state index in [2.05, 4.69) is 0 Å². The molecule has 0 amide bonds. The molecule has 0 aromatic rings. The lowest BCUT2D eigenvalue weighted by Gasteiger charge is -2.13. The average molecular weight is 163 g/mol. The molecule has 0 rings (SSSR count). The molecule has 0 aromatic carbocycles. The summed E-state index contributed by atoms with van der Waals surface area (Å²) in [6.07, 6.45) is 2.64. The minimum Gasteiger partial charge on any atom is -0.413 e. The van der Waals surface area contributed by atoms with Gasteiger partial charge in [-0.2, -0.15) is 0 Å². The first-order chi connectivity index (χ1) is 4.72. The highest BCUT2D eigenvalue weighted by Crippen LogP contribution is 2.17. The Hall–Kier alpha value is 0.0969. The van der Waals surface area contributed by atoms with Crippen molar-refractivity contribution in [2.24, 2.45) is 5.73 Å². The van der Waals surface area contributed by atoms with Gasteiger partial charge in [0.25, 0.3) is 0 Å². The van der Waals surface area contributed by atoms with E-state index in [1.165, 1.54) is 0 Å². The molecule has 0 aliphatic rings. The Morgan fingerprint density at radius 1 is 1.50 bits per heavy atom. The van der Waals surface area contributed by atoms with Gasteiger partial charge >= 0.3 is 9.28 Å². The molecule has 0 bridgehead atoms. The number of rotatable bonds is 5. The SMILES string of the molecule is CCC(CCCN)[SiH](O)O. The van der Waals surface area contributed by atoms with E-state index in [1.807, 2.05) is 6.92 Å². The molecular formula is C6H17NO2Si. The molecule has 1 unspecified atom stereocenters. The van der Waals surface area contributed by atoms with E-state index < -0.39 is 9.28 Å². The van der Waals surface area contributed by atoms with E-state index in [0.29, 0.717) is 6.54 Å². The Morgan fingerprint density at radius 3 is 2.40 bits per heavy atom. The van der Waals surface area contributed by atoms with E-state index in [-0.39, 0.29) is 5.54 Å². The van der Waals surface area contributed by atoms with Crippen LogP contribution in [0, 0.1) is 0 Å². The lowest BCUT2D eigenvalue weighted by molar-refractivity contribution is 0.374. The Bertz CT molecular complexity index is 80.1. The molecule has 4 N–H and O–H groups in total. The van der Waals surface area contributed by atoms with Crippen LogP contribution in [0.3, 0.4) is 0 Å². The van der Waals surface area contributed by atoms with Crippen LogP contribution in [-0.4, -0.2) is 25.4 Å². The van der Waals surface area contributed by atoms with Gasteiger partial charge in [-0.3, -0.25) is 0 Å². The fraction of sp³-hybridized carbons (Fsp3) is 1.00. The molecule has 3 nitrogen and oxygen atoms in total. The summed E-state index contributed by atoms with van der Waals surface area (Å²) in [4.78, 5) is 17.8. The lowest BCUT2D eigenvalue weighted by Crippen LogP contribution is -2.20. The fourth-order valence-corrected chi connectivity index (χ4v) is 1.90. The summed E-state index contributed by atoms with van der Waals surface area (Å²) in [6, 6.07) is 0. The van der Waals surface area contributed by atoms with E-state index >= 15 is 0 Å². The first-order valence-corrected chi connectivity index (χ1v) is 5.48. The summed E-state index contributed by atoms with van der Waals surface area (Å²) >= 11 is 0. The molecule has 10 heavy (non-hydrogen) atoms. The molecule has 0 radical (unpaired) electrons. The van der Waals surface area contributed by atoms with Crippen molar-refractivity contribution in [3.63, 3.8) is 0 Å². The van der Waals surface area contributed by atoms with Crippen molar-refractivity contribution in [1.29, 1.82) is 0 Å². The number of hydrogen-bond donors (Lipinski definition) is 3. The van der Waals surface area contributed by atoms with Gasteiger partial charge in [0.15, 0.2) is 0 Å². The Balaban J connectivity index is 3.40. The van der Waals surface area contributed by atoms with Crippen LogP contribution in [0.5, 0.6) is 0 Å². The predicted molar refractivity (Wildman–Crippen MR) is 43.9 cm³/mol. The fourth-order valence-electron chi connectivity index (χ4n) is 0.944. The van der Waals surface area contributed by atoms with Crippen LogP contribution in [0.2, 0.25) is 5.54 Å². The normalized spacial score (nSPS) is 14.1. The maximum Gasteiger partial charge on any atom is 0.319 e. The summed E-state index contributed by atoms with van der Waals surface area (Å²) in [5.74, 6) is 0. The third-order valence-electron chi connectivity index (χ3n) is 1.73. The van der Waals surface area contributed by atoms with E-state index in [4.69, 9.17) is 15.3 Å². The Morgan fingerprint density at radius 2 is 2.10 bits per heavy atom. The summed E-state index contributed by atoms with van der Waals surface area (Å²) in [7, 11) is -2.37. The molecule has 0 aromatic heterocycles. The summed E-state index contributed by atoms with van der Waals surface area (Å²) < 4.78 is 0. The highest BCUT2D eigenvalue weighted by molar-refractivity contribution is 6.43. The molecule has 0 spiro atoms. The minimum absolute atomic E-state index is 0.142. The van der Waals surface area contributed by atoms with Gasteiger partial charge in [0, 0.05) is 0 Å². The quantitative estimate of drug-likeness (QED) is 0.488. The minimum atomic E-state index is -2.37. The van der Waals surface area contributed by atoms with Crippen molar-refractivity contribution < 1.29 is 9.59 Å². The van der Waals surface area contributed by atoms with Crippen LogP contribution in [0.1, 0.15) is 26.2 Å². The van der Waals surface area contributed by atoms with E-state index in [0.717, 1.165) is 19.3 Å². The standard InChI is InChI=1S/C6H17NO2Si/c1-2-6(10(8)9)4-3-5-7/h6,8-10H,2-5,7H2,1H3. The van der Waals surface area contributed by atoms with Crippen molar-refractivity contribution in [3.8, 4) is 0 Å². The molecule has 4 heteroatoms. The molecule has 0 aliphatic heterocycles. The summed E-state index contributed by atoms with van der Waals surface area (Å²) in [5.41, 5.74) is 5.43. The highest BCUT2D eigenvalue weighted by Gasteiger charge is 2.16. The second-order valence-corrected chi connectivity index (χ2v) is 4.28. The Labute approximate surface area is 63.7 Å². The van der Waals surface area contributed by atoms with E-state index in [1.54, 1.807) is 0 Å². The monoisotopic (exact) mass is 163 g/mol. The molecule has 0 saturated heterocycles. The predicted octanol–water partition coefficient (Wildman–Crippen LogP) is -0.289. The third kappa shape index (κ3) is 4.00. The van der Waals surface area contributed by atoms with Gasteiger partial charge in [0.1, 0.15) is 0 Å². The van der Waals surface area contributed by atoms with Crippen LogP contribution < -0.4 is 5.73 Å². The van der Waals surface area contributed by atoms with Crippen molar-refractivity contribution in [2.45, 2.75) is 31.7 Å². The zero-order valence-corrected chi connectivity index (χ0v) is 7.61. The van der Waals surface area contributed by atoms with Crippen LogP contribution in [0.25, 0.3) is 0 Å². The van der Waals surface area contributed by atoms with Crippen LogP contribution in [-0.2, 0) is 0 Å². The smallest absolute Gasteiger partial charge is 0.319 e. The third-order valence-corrected chi connectivity index (χ3v) is 3.37. The molecule has 0 heterocycles. The zero-order valence-electron chi connectivity index (χ0n) is 6.45. The molecular weight excluding hydrogens is 146 g/mol. The van der Waals surface area contributed by atoms with Crippen LogP contribution in [0.4, 0.5) is 0 Å². The second-order valence-electron chi connectivity index (χ2n) is 2.51. The summed E-state index contributed by atoms with van der Waals surface area (Å²) in [6.45, 7) is 2.63. The topological polar surface area (TPSA) is 66.5 Å². The number of nitrogens with two attached hydrogens (primary N) is 1. The van der Waals surface area contributed by atoms with Gasteiger partial charge < -0.3 is 15.3 Å². The average Bonchev–Trinajstić information content (AvgIpc) is 1.89. The largest absolute Gasteiger partial charge is 0.413 e. The first kappa shape index (κ1) is 10.1. The van der Waals surface area contributed by atoms with Gasteiger partial charge in [-0.15, -0.1) is 0 Å². The van der Waals surface area contributed by atoms with Crippen molar-refractivity contribution >= 4 is 9.28 Å².